The van der Waals surface area contributed by atoms with Gasteiger partial charge in [-0.3, -0.25) is 4.90 Å². The molecule has 2 N–H and O–H groups in total. The van der Waals surface area contributed by atoms with Crippen molar-refractivity contribution in [2.45, 2.75) is 88.3 Å². The fourth-order valence-corrected chi connectivity index (χ4v) is 7.47. The first-order valence-electron chi connectivity index (χ1n) is 14.7. The van der Waals surface area contributed by atoms with Crippen molar-refractivity contribution in [3.63, 3.8) is 0 Å². The molecule has 0 radical (unpaired) electrons. The van der Waals surface area contributed by atoms with E-state index in [1.54, 1.807) is 0 Å². The lowest BCUT2D eigenvalue weighted by Gasteiger charge is -2.33. The van der Waals surface area contributed by atoms with E-state index in [2.05, 4.69) is 48.1 Å². The molecule has 3 aliphatic carbocycles. The molecule has 3 heterocycles. The number of nitrogens with zero attached hydrogens (tertiary/aromatic N) is 6. The van der Waals surface area contributed by atoms with Crippen LogP contribution < -0.4 is 15.4 Å². The number of hydrogen-bond acceptors (Lipinski definition) is 9. The van der Waals surface area contributed by atoms with Crippen LogP contribution in [0.3, 0.4) is 0 Å². The predicted molar refractivity (Wildman–Crippen MR) is 152 cm³/mol. The largest absolute Gasteiger partial charge is 0.473 e. The number of nitrogen functional groups attached to an aromatic ring is 1. The molecule has 0 bridgehead atoms. The first-order valence-corrected chi connectivity index (χ1v) is 14.7. The van der Waals surface area contributed by atoms with Crippen LogP contribution in [0.4, 0.5) is 11.5 Å². The normalized spacial score (nSPS) is 24.5. The Kier molecular flexibility index (Phi) is 6.00. The van der Waals surface area contributed by atoms with Gasteiger partial charge in [-0.2, -0.15) is 10.2 Å². The molecule has 9 heteroatoms. The lowest BCUT2D eigenvalue weighted by molar-refractivity contribution is 0.117. The van der Waals surface area contributed by atoms with Crippen LogP contribution in [0.2, 0.25) is 0 Å². The number of likely N-dealkylation sites (tertiary alicyclic amines) is 1. The lowest BCUT2D eigenvalue weighted by Crippen LogP contribution is -2.38. The lowest BCUT2D eigenvalue weighted by atomic mass is 9.68. The second-order valence-corrected chi connectivity index (χ2v) is 12.2. The van der Waals surface area contributed by atoms with Gasteiger partial charge in [-0.05, 0) is 95.5 Å². The molecule has 0 amide bonds. The van der Waals surface area contributed by atoms with Gasteiger partial charge >= 0.3 is 0 Å². The average Bonchev–Trinajstić information content (AvgIpc) is 3.39. The maximum absolute atomic E-state index is 10.0. The van der Waals surface area contributed by atoms with E-state index in [1.807, 2.05) is 12.1 Å². The Hall–Kier alpha value is -3.64. The molecule has 3 atom stereocenters. The van der Waals surface area contributed by atoms with Crippen LogP contribution in [0.15, 0.2) is 22.7 Å². The minimum Gasteiger partial charge on any atom is -0.473 e. The number of fused-ring (bicyclic) bond motifs is 4. The zero-order chi connectivity index (χ0) is 27.6. The number of aryl methyl sites for hydroxylation is 1. The summed E-state index contributed by atoms with van der Waals surface area (Å²) in [5.74, 6) is 2.82. The third kappa shape index (κ3) is 3.95. The summed E-state index contributed by atoms with van der Waals surface area (Å²) in [7, 11) is 4.26. The van der Waals surface area contributed by atoms with Crippen LogP contribution in [0.5, 0.6) is 5.88 Å². The second kappa shape index (κ2) is 9.48. The fraction of sp³-hybridized carbons (Fsp3) is 0.548. The van der Waals surface area contributed by atoms with E-state index in [0.717, 1.165) is 67.8 Å². The van der Waals surface area contributed by atoms with E-state index in [1.165, 1.54) is 24.8 Å². The Morgan fingerprint density at radius 1 is 1.20 bits per heavy atom. The van der Waals surface area contributed by atoms with Gasteiger partial charge in [-0.25, -0.2) is 4.98 Å². The van der Waals surface area contributed by atoms with E-state index < -0.39 is 5.41 Å². The van der Waals surface area contributed by atoms with E-state index in [4.69, 9.17) is 25.0 Å². The maximum Gasteiger partial charge on any atom is 0.219 e. The van der Waals surface area contributed by atoms with Crippen molar-refractivity contribution < 1.29 is 9.26 Å². The highest BCUT2D eigenvalue weighted by atomic mass is 16.5. The van der Waals surface area contributed by atoms with E-state index in [-0.39, 0.29) is 6.10 Å². The van der Waals surface area contributed by atoms with E-state index in [9.17, 15) is 5.26 Å². The molecule has 9 nitrogen and oxygen atoms in total. The van der Waals surface area contributed by atoms with Gasteiger partial charge < -0.3 is 19.9 Å². The zero-order valence-electron chi connectivity index (χ0n) is 23.6. The van der Waals surface area contributed by atoms with Gasteiger partial charge in [0.05, 0.1) is 11.0 Å². The number of ether oxygens (including phenoxy) is 1. The number of nitriles is 1. The topological polar surface area (TPSA) is 117 Å². The van der Waals surface area contributed by atoms with Crippen molar-refractivity contribution in [3.8, 4) is 23.5 Å². The minimum absolute atomic E-state index is 0.00803. The number of nitrogens with two attached hydrogens (primary N) is 1. The number of rotatable bonds is 6. The summed E-state index contributed by atoms with van der Waals surface area (Å²) in [5, 5.41) is 14.7. The van der Waals surface area contributed by atoms with Gasteiger partial charge in [0, 0.05) is 36.4 Å². The molecule has 3 aromatic rings. The molecule has 1 saturated heterocycles. The molecule has 7 rings (SSSR count). The van der Waals surface area contributed by atoms with E-state index in [0.29, 0.717) is 40.7 Å². The summed E-state index contributed by atoms with van der Waals surface area (Å²) in [4.78, 5) is 14.5. The van der Waals surface area contributed by atoms with Crippen LogP contribution in [-0.4, -0.2) is 58.9 Å². The molecule has 1 saturated carbocycles. The standard InChI is InChI=1S/C31H37N7O2/c1-18(24-7-5-15-37(24)2)39-26-16-25(38(3)20-9-10-20)34-30(35-26)28-21-6-4-13-31(29(21)40-36-28)14-12-19-8-11-23(33)22(17-32)27(19)31/h8,11,16,18,20,24H,4-7,9-10,12-15,33H2,1-3H3/t18-,24-,31-/m0/s1. The second-order valence-electron chi connectivity index (χ2n) is 12.2. The number of anilines is 2. The van der Waals surface area contributed by atoms with Crippen molar-refractivity contribution in [1.82, 2.24) is 20.0 Å². The monoisotopic (exact) mass is 539 g/mol. The Bertz CT molecular complexity index is 1510. The van der Waals surface area contributed by atoms with Crippen LogP contribution in [0, 0.1) is 11.3 Å². The van der Waals surface area contributed by atoms with Crippen molar-refractivity contribution >= 4 is 11.5 Å². The summed E-state index contributed by atoms with van der Waals surface area (Å²) >= 11 is 0. The molecule has 40 heavy (non-hydrogen) atoms. The summed E-state index contributed by atoms with van der Waals surface area (Å²) in [5.41, 5.74) is 10.9. The summed E-state index contributed by atoms with van der Waals surface area (Å²) < 4.78 is 12.7. The SMILES string of the molecule is C[C@H](Oc1cc(N(C)C2CC2)nc(-c2noc3c2CCC[C@@]32CCc3ccc(N)c(C#N)c32)n1)[C@@H]1CCCN1C. The van der Waals surface area contributed by atoms with Crippen molar-refractivity contribution in [1.29, 1.82) is 5.26 Å². The molecule has 2 fully saturated rings. The summed E-state index contributed by atoms with van der Waals surface area (Å²) in [6.07, 6.45) is 9.14. The molecular weight excluding hydrogens is 502 g/mol. The summed E-state index contributed by atoms with van der Waals surface area (Å²) in [6.45, 7) is 3.23. The van der Waals surface area contributed by atoms with Crippen molar-refractivity contribution in [3.05, 3.63) is 46.2 Å². The number of hydrogen-bond donors (Lipinski definition) is 1. The van der Waals surface area contributed by atoms with Gasteiger partial charge in [0.25, 0.3) is 0 Å². The number of benzene rings is 1. The van der Waals surface area contributed by atoms with Crippen LogP contribution >= 0.6 is 0 Å². The Morgan fingerprint density at radius 2 is 2.05 bits per heavy atom. The molecule has 0 unspecified atom stereocenters. The molecule has 2 aromatic heterocycles. The highest BCUT2D eigenvalue weighted by molar-refractivity contribution is 5.68. The highest BCUT2D eigenvalue weighted by Gasteiger charge is 2.49. The third-order valence-corrected chi connectivity index (χ3v) is 9.77. The third-order valence-electron chi connectivity index (χ3n) is 9.77. The minimum atomic E-state index is -0.391. The Morgan fingerprint density at radius 3 is 2.80 bits per heavy atom. The van der Waals surface area contributed by atoms with Crippen molar-refractivity contribution in [2.24, 2.45) is 0 Å². The molecule has 1 aromatic carbocycles. The molecule has 4 aliphatic rings. The Labute approximate surface area is 235 Å². The van der Waals surface area contributed by atoms with Crippen molar-refractivity contribution in [2.75, 3.05) is 31.3 Å². The molecule has 208 valence electrons. The van der Waals surface area contributed by atoms with Gasteiger partial charge in [0.1, 0.15) is 18.0 Å². The zero-order valence-corrected chi connectivity index (χ0v) is 23.6. The fourth-order valence-electron chi connectivity index (χ4n) is 7.47. The molecular formula is C31H37N7O2. The average molecular weight is 540 g/mol. The van der Waals surface area contributed by atoms with Gasteiger partial charge in [-0.1, -0.05) is 11.2 Å². The van der Waals surface area contributed by atoms with Gasteiger partial charge in [0.2, 0.25) is 5.88 Å². The number of aromatic nitrogens is 3. The first kappa shape index (κ1) is 25.3. The predicted octanol–water partition coefficient (Wildman–Crippen LogP) is 4.61. The first-order chi connectivity index (χ1) is 19.4. The highest BCUT2D eigenvalue weighted by Crippen LogP contribution is 2.54. The van der Waals surface area contributed by atoms with Crippen LogP contribution in [0.25, 0.3) is 11.5 Å². The smallest absolute Gasteiger partial charge is 0.219 e. The van der Waals surface area contributed by atoms with Crippen LogP contribution in [0.1, 0.15) is 79.9 Å². The molecule has 1 aliphatic heterocycles. The number of likely N-dealkylation sites (N-methyl/N-ethyl adjacent to an activating group) is 1. The quantitative estimate of drug-likeness (QED) is 0.448. The summed E-state index contributed by atoms with van der Waals surface area (Å²) in [6, 6.07) is 9.14. The Balaban J connectivity index is 1.30. The van der Waals surface area contributed by atoms with E-state index >= 15 is 0 Å². The van der Waals surface area contributed by atoms with Crippen LogP contribution in [-0.2, 0) is 18.3 Å². The van der Waals surface area contributed by atoms with Gasteiger partial charge in [0.15, 0.2) is 17.3 Å². The molecule has 1 spiro atoms. The van der Waals surface area contributed by atoms with Gasteiger partial charge in [-0.15, -0.1) is 0 Å². The maximum atomic E-state index is 10.0.